The molecule has 1 aliphatic rings. The van der Waals surface area contributed by atoms with Crippen molar-refractivity contribution >= 4 is 23.0 Å². The highest BCUT2D eigenvalue weighted by Crippen LogP contribution is 2.36. The number of nitrogens with zero attached hydrogens (tertiary/aromatic N) is 2. The van der Waals surface area contributed by atoms with Crippen LogP contribution in [0.1, 0.15) is 63.0 Å². The Morgan fingerprint density at radius 1 is 1.22 bits per heavy atom. The number of anilines is 3. The first-order valence-corrected chi connectivity index (χ1v) is 11.5. The molecule has 2 N–H and O–H groups in total. The molecular formula is C26H33N3O3. The number of ether oxygens (including phenoxy) is 1. The Hall–Kier alpha value is -3.04. The molecule has 1 atom stereocenters. The van der Waals surface area contributed by atoms with Crippen LogP contribution in [0.15, 0.2) is 42.5 Å². The summed E-state index contributed by atoms with van der Waals surface area (Å²) in [7, 11) is 0. The Labute approximate surface area is 190 Å². The first-order chi connectivity index (χ1) is 15.5. The summed E-state index contributed by atoms with van der Waals surface area (Å²) in [6.45, 7) is 6.71. The quantitative estimate of drug-likeness (QED) is 0.500. The Morgan fingerprint density at radius 2 is 1.94 bits per heavy atom. The molecule has 1 unspecified atom stereocenters. The van der Waals surface area contributed by atoms with Gasteiger partial charge in [-0.05, 0) is 73.6 Å². The predicted octanol–water partition coefficient (Wildman–Crippen LogP) is 5.67. The maximum atomic E-state index is 11.4. The summed E-state index contributed by atoms with van der Waals surface area (Å²) in [5.41, 5.74) is 4.63. The Kier molecular flexibility index (Phi) is 8.52. The molecule has 170 valence electrons. The Morgan fingerprint density at radius 3 is 2.53 bits per heavy atom. The van der Waals surface area contributed by atoms with Gasteiger partial charge in [0.1, 0.15) is 0 Å². The maximum absolute atomic E-state index is 11.4. The molecule has 0 amide bonds. The summed E-state index contributed by atoms with van der Waals surface area (Å²) in [4.78, 5) is 13.9. The second kappa shape index (κ2) is 11.5. The van der Waals surface area contributed by atoms with Crippen molar-refractivity contribution in [3.8, 4) is 6.07 Å². The van der Waals surface area contributed by atoms with Gasteiger partial charge >= 0.3 is 5.97 Å². The molecule has 0 radical (unpaired) electrons. The van der Waals surface area contributed by atoms with E-state index in [-0.39, 0.29) is 12.3 Å². The van der Waals surface area contributed by atoms with Crippen LogP contribution in [0.3, 0.4) is 0 Å². The van der Waals surface area contributed by atoms with E-state index in [0.717, 1.165) is 68.1 Å². The molecule has 1 heterocycles. The van der Waals surface area contributed by atoms with Crippen molar-refractivity contribution < 1.29 is 14.6 Å². The molecule has 32 heavy (non-hydrogen) atoms. The third-order valence-electron chi connectivity index (χ3n) is 6.10. The van der Waals surface area contributed by atoms with E-state index in [2.05, 4.69) is 41.4 Å². The molecule has 2 aromatic carbocycles. The summed E-state index contributed by atoms with van der Waals surface area (Å²) < 4.78 is 5.59. The summed E-state index contributed by atoms with van der Waals surface area (Å²) in [5.74, 6) is -0.817. The standard InChI is InChI=1S/C26H33N3O3/c1-3-13-29(23-11-14-32-15-12-23)25-10-7-21(20(4-2)17-26(30)31)16-24(25)28-22-8-5-19(18-27)6-9-22/h5-10,16,20,23,28H,3-4,11-15,17H2,1-2H3,(H,30,31). The van der Waals surface area contributed by atoms with Crippen LogP contribution in [-0.4, -0.2) is 36.9 Å². The van der Waals surface area contributed by atoms with Gasteiger partial charge in [-0.1, -0.05) is 19.9 Å². The first kappa shape index (κ1) is 23.6. The second-order valence-electron chi connectivity index (χ2n) is 8.33. The van der Waals surface area contributed by atoms with Crippen LogP contribution in [0.25, 0.3) is 0 Å². The van der Waals surface area contributed by atoms with Crippen molar-refractivity contribution in [2.75, 3.05) is 30.0 Å². The first-order valence-electron chi connectivity index (χ1n) is 11.5. The van der Waals surface area contributed by atoms with Crippen LogP contribution >= 0.6 is 0 Å². The highest BCUT2D eigenvalue weighted by molar-refractivity contribution is 5.77. The lowest BCUT2D eigenvalue weighted by Crippen LogP contribution is -2.40. The normalized spacial score (nSPS) is 15.0. The van der Waals surface area contributed by atoms with Gasteiger partial charge in [0.25, 0.3) is 0 Å². The summed E-state index contributed by atoms with van der Waals surface area (Å²) >= 11 is 0. The van der Waals surface area contributed by atoms with Gasteiger partial charge in [-0.25, -0.2) is 0 Å². The highest BCUT2D eigenvalue weighted by Gasteiger charge is 2.24. The SMILES string of the molecule is CCCN(c1ccc(C(CC)CC(=O)O)cc1Nc1ccc(C#N)cc1)C1CCOCC1. The Bertz CT molecular complexity index is 930. The number of benzene rings is 2. The highest BCUT2D eigenvalue weighted by atomic mass is 16.5. The molecule has 1 saturated heterocycles. The van der Waals surface area contributed by atoms with Gasteiger partial charge in [-0.3, -0.25) is 4.79 Å². The van der Waals surface area contributed by atoms with E-state index in [9.17, 15) is 9.90 Å². The van der Waals surface area contributed by atoms with Gasteiger partial charge in [0.15, 0.2) is 0 Å². The number of hydrogen-bond donors (Lipinski definition) is 2. The lowest BCUT2D eigenvalue weighted by Gasteiger charge is -2.37. The second-order valence-corrected chi connectivity index (χ2v) is 8.33. The van der Waals surface area contributed by atoms with E-state index < -0.39 is 5.97 Å². The van der Waals surface area contributed by atoms with Gasteiger partial charge in [0.2, 0.25) is 0 Å². The predicted molar refractivity (Wildman–Crippen MR) is 128 cm³/mol. The van der Waals surface area contributed by atoms with Crippen LogP contribution in [0.5, 0.6) is 0 Å². The molecule has 3 rings (SSSR count). The molecule has 2 aromatic rings. The zero-order valence-corrected chi connectivity index (χ0v) is 19.0. The van der Waals surface area contributed by atoms with Crippen molar-refractivity contribution in [3.05, 3.63) is 53.6 Å². The lowest BCUT2D eigenvalue weighted by molar-refractivity contribution is -0.137. The van der Waals surface area contributed by atoms with Crippen LogP contribution in [0.4, 0.5) is 17.1 Å². The van der Waals surface area contributed by atoms with E-state index >= 15 is 0 Å². The molecule has 6 heteroatoms. The van der Waals surface area contributed by atoms with Gasteiger partial charge in [0.05, 0.1) is 29.4 Å². The minimum atomic E-state index is -0.780. The third-order valence-corrected chi connectivity index (χ3v) is 6.10. The average molecular weight is 436 g/mol. The molecule has 0 bridgehead atoms. The molecule has 0 aliphatic carbocycles. The molecule has 0 aromatic heterocycles. The molecule has 6 nitrogen and oxygen atoms in total. The van der Waals surface area contributed by atoms with Gasteiger partial charge in [-0.2, -0.15) is 5.26 Å². The number of carboxylic acids is 1. The molecule has 1 fully saturated rings. The van der Waals surface area contributed by atoms with Crippen LogP contribution in [0.2, 0.25) is 0 Å². The number of carboxylic acid groups (broad SMARTS) is 1. The monoisotopic (exact) mass is 435 g/mol. The zero-order valence-electron chi connectivity index (χ0n) is 19.0. The molecule has 0 spiro atoms. The van der Waals surface area contributed by atoms with Crippen LogP contribution in [-0.2, 0) is 9.53 Å². The molecule has 0 saturated carbocycles. The van der Waals surface area contributed by atoms with Gasteiger partial charge in [-0.15, -0.1) is 0 Å². The van der Waals surface area contributed by atoms with Crippen LogP contribution in [0, 0.1) is 11.3 Å². The molecular weight excluding hydrogens is 402 g/mol. The fourth-order valence-corrected chi connectivity index (χ4v) is 4.39. The zero-order chi connectivity index (χ0) is 22.9. The summed E-state index contributed by atoms with van der Waals surface area (Å²) in [5, 5.41) is 22.0. The maximum Gasteiger partial charge on any atom is 0.303 e. The largest absolute Gasteiger partial charge is 0.481 e. The minimum absolute atomic E-state index is 0.0363. The summed E-state index contributed by atoms with van der Waals surface area (Å²) in [6.07, 6.45) is 3.90. The van der Waals surface area contributed by atoms with Crippen molar-refractivity contribution in [3.63, 3.8) is 0 Å². The topological polar surface area (TPSA) is 85.6 Å². The van der Waals surface area contributed by atoms with Gasteiger partial charge < -0.3 is 20.1 Å². The lowest BCUT2D eigenvalue weighted by atomic mass is 9.92. The number of carbonyl (C=O) groups is 1. The average Bonchev–Trinajstić information content (AvgIpc) is 2.82. The van der Waals surface area contributed by atoms with Gasteiger partial charge in [0, 0.05) is 31.5 Å². The fourth-order valence-electron chi connectivity index (χ4n) is 4.39. The number of nitrogens with one attached hydrogen (secondary N) is 1. The van der Waals surface area contributed by atoms with E-state index in [0.29, 0.717) is 11.6 Å². The summed E-state index contributed by atoms with van der Waals surface area (Å²) in [6, 6.07) is 16.3. The van der Waals surface area contributed by atoms with Crippen LogP contribution < -0.4 is 10.2 Å². The minimum Gasteiger partial charge on any atom is -0.481 e. The van der Waals surface area contributed by atoms with E-state index in [1.807, 2.05) is 19.1 Å². The van der Waals surface area contributed by atoms with Crippen molar-refractivity contribution in [2.45, 2.75) is 57.9 Å². The fraction of sp³-hybridized carbons (Fsp3) is 0.462. The van der Waals surface area contributed by atoms with E-state index in [1.54, 1.807) is 12.1 Å². The molecule has 1 aliphatic heterocycles. The Balaban J connectivity index is 2.01. The number of rotatable bonds is 10. The van der Waals surface area contributed by atoms with Crippen molar-refractivity contribution in [1.29, 1.82) is 5.26 Å². The smallest absolute Gasteiger partial charge is 0.303 e. The van der Waals surface area contributed by atoms with E-state index in [1.165, 1.54) is 0 Å². The number of aliphatic carboxylic acids is 1. The number of hydrogen-bond acceptors (Lipinski definition) is 5. The number of nitriles is 1. The van der Waals surface area contributed by atoms with Crippen molar-refractivity contribution in [2.24, 2.45) is 0 Å². The van der Waals surface area contributed by atoms with Crippen molar-refractivity contribution in [1.82, 2.24) is 0 Å². The van der Waals surface area contributed by atoms with E-state index in [4.69, 9.17) is 10.00 Å². The third kappa shape index (κ3) is 6.02.